The van der Waals surface area contributed by atoms with Gasteiger partial charge in [-0.25, -0.2) is 0 Å². The number of unbranched alkanes of at least 4 members (excludes halogenated alkanes) is 5. The first kappa shape index (κ1) is 21.9. The van der Waals surface area contributed by atoms with Crippen LogP contribution < -0.4 is 4.74 Å². The van der Waals surface area contributed by atoms with E-state index in [0.717, 1.165) is 18.3 Å². The molecule has 2 aromatic rings. The Morgan fingerprint density at radius 1 is 0.793 bits per heavy atom. The smallest absolute Gasteiger partial charge is 0.119 e. The van der Waals surface area contributed by atoms with Gasteiger partial charge >= 0.3 is 0 Å². The van der Waals surface area contributed by atoms with Crippen molar-refractivity contribution >= 4 is 0 Å². The predicted octanol–water partition coefficient (Wildman–Crippen LogP) is 8.61. The van der Waals surface area contributed by atoms with Crippen molar-refractivity contribution in [3.8, 4) is 16.9 Å². The summed E-state index contributed by atoms with van der Waals surface area (Å²) in [6.07, 6.45) is 17.7. The highest BCUT2D eigenvalue weighted by molar-refractivity contribution is 5.65. The molecular weight excluding hydrogens is 352 g/mol. The summed E-state index contributed by atoms with van der Waals surface area (Å²) in [6, 6.07) is 17.7. The van der Waals surface area contributed by atoms with Gasteiger partial charge in [-0.05, 0) is 54.0 Å². The van der Waals surface area contributed by atoms with Crippen molar-refractivity contribution in [2.24, 2.45) is 5.92 Å². The van der Waals surface area contributed by atoms with E-state index in [0.29, 0.717) is 0 Å². The number of benzene rings is 2. The number of rotatable bonds is 13. The lowest BCUT2D eigenvalue weighted by atomic mass is 10.00. The SMILES string of the molecule is CCCCCCc1ccc(-c2cccc(OCCCCCC3CCCC3)c2)cc1. The predicted molar refractivity (Wildman–Crippen MR) is 126 cm³/mol. The largest absolute Gasteiger partial charge is 0.494 e. The molecule has 0 unspecified atom stereocenters. The Bertz CT molecular complexity index is 682. The highest BCUT2D eigenvalue weighted by atomic mass is 16.5. The molecule has 1 fully saturated rings. The zero-order valence-electron chi connectivity index (χ0n) is 18.5. The maximum atomic E-state index is 6.04. The average molecular weight is 393 g/mol. The van der Waals surface area contributed by atoms with Crippen molar-refractivity contribution in [2.45, 2.75) is 90.4 Å². The van der Waals surface area contributed by atoms with Crippen molar-refractivity contribution < 1.29 is 4.74 Å². The summed E-state index contributed by atoms with van der Waals surface area (Å²) in [4.78, 5) is 0. The summed E-state index contributed by atoms with van der Waals surface area (Å²) in [5, 5.41) is 0. The van der Waals surface area contributed by atoms with Gasteiger partial charge in [-0.3, -0.25) is 0 Å². The molecule has 3 rings (SSSR count). The van der Waals surface area contributed by atoms with E-state index in [4.69, 9.17) is 4.74 Å². The molecule has 1 saturated carbocycles. The molecular formula is C28H40O. The summed E-state index contributed by atoms with van der Waals surface area (Å²) in [5.74, 6) is 2.03. The van der Waals surface area contributed by atoms with Crippen molar-refractivity contribution in [1.29, 1.82) is 0 Å². The summed E-state index contributed by atoms with van der Waals surface area (Å²) in [5.41, 5.74) is 3.99. The Labute approximate surface area is 178 Å². The molecule has 1 aliphatic carbocycles. The normalized spacial score (nSPS) is 14.4. The van der Waals surface area contributed by atoms with Crippen LogP contribution in [0, 0.1) is 5.92 Å². The van der Waals surface area contributed by atoms with Crippen LogP contribution >= 0.6 is 0 Å². The second-order valence-electron chi connectivity index (χ2n) is 8.88. The minimum absolute atomic E-state index is 0.838. The molecule has 0 aliphatic heterocycles. The number of hydrogen-bond donors (Lipinski definition) is 0. The van der Waals surface area contributed by atoms with Crippen LogP contribution in [-0.4, -0.2) is 6.61 Å². The first-order chi connectivity index (χ1) is 14.3. The van der Waals surface area contributed by atoms with Gasteiger partial charge in [0.1, 0.15) is 5.75 Å². The highest BCUT2D eigenvalue weighted by Crippen LogP contribution is 2.29. The molecule has 1 aliphatic rings. The van der Waals surface area contributed by atoms with Crippen LogP contribution in [0.15, 0.2) is 48.5 Å². The van der Waals surface area contributed by atoms with E-state index < -0.39 is 0 Å². The third-order valence-electron chi connectivity index (χ3n) is 6.44. The number of aryl methyl sites for hydroxylation is 1. The van der Waals surface area contributed by atoms with E-state index in [9.17, 15) is 0 Å². The fourth-order valence-electron chi connectivity index (χ4n) is 4.59. The fourth-order valence-corrected chi connectivity index (χ4v) is 4.59. The van der Waals surface area contributed by atoms with Gasteiger partial charge in [-0.2, -0.15) is 0 Å². The molecule has 29 heavy (non-hydrogen) atoms. The molecule has 0 saturated heterocycles. The second-order valence-corrected chi connectivity index (χ2v) is 8.88. The molecule has 0 heterocycles. The minimum Gasteiger partial charge on any atom is -0.494 e. The van der Waals surface area contributed by atoms with Crippen LogP contribution in [0.2, 0.25) is 0 Å². The Hall–Kier alpha value is -1.76. The third-order valence-corrected chi connectivity index (χ3v) is 6.44. The van der Waals surface area contributed by atoms with Crippen LogP contribution in [-0.2, 0) is 6.42 Å². The summed E-state index contributed by atoms with van der Waals surface area (Å²) in [7, 11) is 0. The van der Waals surface area contributed by atoms with Crippen LogP contribution in [0.3, 0.4) is 0 Å². The second kappa shape index (κ2) is 12.7. The minimum atomic E-state index is 0.838. The molecule has 0 amide bonds. The lowest BCUT2D eigenvalue weighted by Crippen LogP contribution is -1.99. The third kappa shape index (κ3) is 7.88. The zero-order valence-corrected chi connectivity index (χ0v) is 18.5. The monoisotopic (exact) mass is 392 g/mol. The number of hydrogen-bond acceptors (Lipinski definition) is 1. The van der Waals surface area contributed by atoms with Gasteiger partial charge in [0, 0.05) is 0 Å². The van der Waals surface area contributed by atoms with Crippen LogP contribution in [0.25, 0.3) is 11.1 Å². The number of ether oxygens (including phenoxy) is 1. The fraction of sp³-hybridized carbons (Fsp3) is 0.571. The quantitative estimate of drug-likeness (QED) is 0.310. The lowest BCUT2D eigenvalue weighted by Gasteiger charge is -2.10. The molecule has 1 nitrogen and oxygen atoms in total. The highest BCUT2D eigenvalue weighted by Gasteiger charge is 2.13. The van der Waals surface area contributed by atoms with Crippen molar-refractivity contribution in [3.63, 3.8) is 0 Å². The zero-order chi connectivity index (χ0) is 20.2. The van der Waals surface area contributed by atoms with E-state index >= 15 is 0 Å². The van der Waals surface area contributed by atoms with Gasteiger partial charge in [0.05, 0.1) is 6.61 Å². The van der Waals surface area contributed by atoms with Gasteiger partial charge in [-0.1, -0.05) is 108 Å². The first-order valence-electron chi connectivity index (χ1n) is 12.2. The van der Waals surface area contributed by atoms with Gasteiger partial charge in [0.25, 0.3) is 0 Å². The molecule has 0 atom stereocenters. The molecule has 0 bridgehead atoms. The summed E-state index contributed by atoms with van der Waals surface area (Å²) in [6.45, 7) is 3.11. The maximum absolute atomic E-state index is 6.04. The molecule has 0 N–H and O–H groups in total. The Kier molecular flexibility index (Phi) is 9.63. The first-order valence-corrected chi connectivity index (χ1v) is 12.2. The molecule has 0 aromatic heterocycles. The van der Waals surface area contributed by atoms with E-state index in [1.165, 1.54) is 100 Å². The van der Waals surface area contributed by atoms with Gasteiger partial charge in [-0.15, -0.1) is 0 Å². The van der Waals surface area contributed by atoms with Gasteiger partial charge < -0.3 is 4.74 Å². The van der Waals surface area contributed by atoms with Crippen LogP contribution in [0.1, 0.15) is 89.5 Å². The van der Waals surface area contributed by atoms with Gasteiger partial charge in [0.15, 0.2) is 0 Å². The molecule has 1 heteroatoms. The molecule has 0 spiro atoms. The molecule has 158 valence electrons. The molecule has 2 aromatic carbocycles. The maximum Gasteiger partial charge on any atom is 0.119 e. The van der Waals surface area contributed by atoms with E-state index in [2.05, 4.69) is 55.5 Å². The van der Waals surface area contributed by atoms with Crippen molar-refractivity contribution in [1.82, 2.24) is 0 Å². The van der Waals surface area contributed by atoms with E-state index in [1.54, 1.807) is 0 Å². The van der Waals surface area contributed by atoms with Crippen molar-refractivity contribution in [2.75, 3.05) is 6.61 Å². The Morgan fingerprint density at radius 2 is 1.59 bits per heavy atom. The molecule has 0 radical (unpaired) electrons. The van der Waals surface area contributed by atoms with Gasteiger partial charge in [0.2, 0.25) is 0 Å². The van der Waals surface area contributed by atoms with Crippen molar-refractivity contribution in [3.05, 3.63) is 54.1 Å². The Morgan fingerprint density at radius 3 is 2.38 bits per heavy atom. The average Bonchev–Trinajstić information content (AvgIpc) is 3.28. The topological polar surface area (TPSA) is 9.23 Å². The standard InChI is InChI=1S/C28H40O/c1-2-3-4-6-13-25-18-20-26(21-19-25)27-16-11-17-28(23-27)29-22-10-5-7-12-24-14-8-9-15-24/h11,16-21,23-24H,2-10,12-15,22H2,1H3. The summed E-state index contributed by atoms with van der Waals surface area (Å²) < 4.78 is 6.04. The Balaban J connectivity index is 1.39. The summed E-state index contributed by atoms with van der Waals surface area (Å²) >= 11 is 0. The van der Waals surface area contributed by atoms with E-state index in [-0.39, 0.29) is 0 Å². The van der Waals surface area contributed by atoms with Crippen LogP contribution in [0.4, 0.5) is 0 Å². The van der Waals surface area contributed by atoms with Crippen LogP contribution in [0.5, 0.6) is 5.75 Å². The lowest BCUT2D eigenvalue weighted by molar-refractivity contribution is 0.302. The van der Waals surface area contributed by atoms with E-state index in [1.807, 2.05) is 0 Å².